The average molecular weight is 394 g/mol. The minimum atomic E-state index is -5.10. The Bertz CT molecular complexity index is 486. The fourth-order valence-electron chi connectivity index (χ4n) is 2.40. The van der Waals surface area contributed by atoms with Gasteiger partial charge in [-0.05, 0) is 19.3 Å². The maximum atomic E-state index is 11.9. The van der Waals surface area contributed by atoms with Gasteiger partial charge in [0, 0.05) is 32.1 Å². The van der Waals surface area contributed by atoms with Crippen LogP contribution >= 0.6 is 0 Å². The number of halogens is 3. The van der Waals surface area contributed by atoms with Gasteiger partial charge in [0.2, 0.25) is 0 Å². The second kappa shape index (κ2) is 14.3. The van der Waals surface area contributed by atoms with Gasteiger partial charge in [0.05, 0.1) is 0 Å². The molecule has 0 N–H and O–H groups in total. The lowest BCUT2D eigenvalue weighted by molar-refractivity contribution is -0.199. The maximum Gasteiger partial charge on any atom is 0.490 e. The molecule has 8 heteroatoms. The predicted octanol–water partition coefficient (Wildman–Crippen LogP) is 4.50. The first kappa shape index (κ1) is 25.3. The molecule has 0 radical (unpaired) electrons. The van der Waals surface area contributed by atoms with E-state index >= 15 is 0 Å². The molecule has 0 amide bonds. The molecule has 0 bridgehead atoms. The first-order valence-corrected chi connectivity index (χ1v) is 9.45. The second-order valence-electron chi connectivity index (χ2n) is 6.56. The van der Waals surface area contributed by atoms with Crippen molar-refractivity contribution < 1.29 is 37.1 Å². The average Bonchev–Trinajstić information content (AvgIpc) is 2.60. The molecule has 0 fully saturated rings. The third-order valence-corrected chi connectivity index (χ3v) is 4.00. The molecule has 0 rings (SSSR count). The summed E-state index contributed by atoms with van der Waals surface area (Å²) in [4.78, 5) is 45.1. The van der Waals surface area contributed by atoms with Crippen LogP contribution in [-0.2, 0) is 23.9 Å². The highest BCUT2D eigenvalue weighted by Crippen LogP contribution is 2.16. The number of rotatable bonds is 16. The summed E-state index contributed by atoms with van der Waals surface area (Å²) in [6.45, 7) is 1.21. The standard InChI is InChI=1S/C19H29F3O5/c1-2-3-4-6-9-15(23)12-13-16(24)10-7-5-8-11-17(25)14-27-18(26)19(20,21)22/h2-14H2,1H3. The molecular weight excluding hydrogens is 365 g/mol. The molecule has 0 aromatic heterocycles. The molecule has 5 nitrogen and oxygen atoms in total. The van der Waals surface area contributed by atoms with Gasteiger partial charge >= 0.3 is 12.1 Å². The van der Waals surface area contributed by atoms with Gasteiger partial charge in [-0.15, -0.1) is 0 Å². The number of ketones is 3. The number of carbonyl (C=O) groups is 4. The van der Waals surface area contributed by atoms with E-state index in [0.717, 1.165) is 25.7 Å². The predicted molar refractivity (Wildman–Crippen MR) is 93.1 cm³/mol. The minimum absolute atomic E-state index is 0.00217. The number of hydrogen-bond donors (Lipinski definition) is 0. The Labute approximate surface area is 158 Å². The highest BCUT2D eigenvalue weighted by atomic mass is 19.4. The molecule has 0 unspecified atom stereocenters. The summed E-state index contributed by atoms with van der Waals surface area (Å²) in [7, 11) is 0. The van der Waals surface area contributed by atoms with Crippen LogP contribution in [0.2, 0.25) is 0 Å². The van der Waals surface area contributed by atoms with Gasteiger partial charge in [0.1, 0.15) is 18.2 Å². The summed E-state index contributed by atoms with van der Waals surface area (Å²) >= 11 is 0. The Morgan fingerprint density at radius 2 is 1.11 bits per heavy atom. The number of alkyl halides is 3. The molecule has 0 saturated carbocycles. The van der Waals surface area contributed by atoms with Crippen LogP contribution in [0.3, 0.4) is 0 Å². The number of esters is 1. The summed E-state index contributed by atoms with van der Waals surface area (Å²) in [6, 6.07) is 0. The third-order valence-electron chi connectivity index (χ3n) is 4.00. The molecule has 0 atom stereocenters. The first-order valence-electron chi connectivity index (χ1n) is 9.45. The van der Waals surface area contributed by atoms with Crippen LogP contribution in [-0.4, -0.2) is 36.1 Å². The number of ether oxygens (including phenoxy) is 1. The van der Waals surface area contributed by atoms with Crippen molar-refractivity contribution in [1.82, 2.24) is 0 Å². The molecule has 0 heterocycles. The number of carbonyl (C=O) groups excluding carboxylic acids is 4. The molecule has 0 aliphatic carbocycles. The van der Waals surface area contributed by atoms with Crippen LogP contribution in [0, 0.1) is 0 Å². The number of hydrogen-bond acceptors (Lipinski definition) is 5. The van der Waals surface area contributed by atoms with Crippen molar-refractivity contribution in [2.75, 3.05) is 6.61 Å². The normalized spacial score (nSPS) is 11.3. The largest absolute Gasteiger partial charge is 0.490 e. The zero-order valence-electron chi connectivity index (χ0n) is 15.9. The lowest BCUT2D eigenvalue weighted by atomic mass is 10.0. The van der Waals surface area contributed by atoms with Crippen molar-refractivity contribution in [3.05, 3.63) is 0 Å². The smallest absolute Gasteiger partial charge is 0.451 e. The third kappa shape index (κ3) is 15.1. The van der Waals surface area contributed by atoms with Crippen LogP contribution in [0.1, 0.15) is 84.0 Å². The van der Waals surface area contributed by atoms with Gasteiger partial charge in [-0.2, -0.15) is 13.2 Å². The topological polar surface area (TPSA) is 77.5 Å². The second-order valence-corrected chi connectivity index (χ2v) is 6.56. The zero-order valence-corrected chi connectivity index (χ0v) is 15.9. The van der Waals surface area contributed by atoms with Crippen LogP contribution in [0.5, 0.6) is 0 Å². The van der Waals surface area contributed by atoms with Gasteiger partial charge in [0.15, 0.2) is 5.78 Å². The van der Waals surface area contributed by atoms with E-state index in [0.29, 0.717) is 32.1 Å². The van der Waals surface area contributed by atoms with Gasteiger partial charge in [-0.1, -0.05) is 32.6 Å². The van der Waals surface area contributed by atoms with E-state index in [1.807, 2.05) is 0 Å². The minimum Gasteiger partial charge on any atom is -0.451 e. The molecule has 0 aromatic rings. The Balaban J connectivity index is 3.63. The highest BCUT2D eigenvalue weighted by Gasteiger charge is 2.41. The van der Waals surface area contributed by atoms with E-state index in [1.165, 1.54) is 0 Å². The van der Waals surface area contributed by atoms with Crippen LogP contribution < -0.4 is 0 Å². The van der Waals surface area contributed by atoms with E-state index in [1.54, 1.807) is 0 Å². The van der Waals surface area contributed by atoms with Crippen molar-refractivity contribution in [3.8, 4) is 0 Å². The Hall–Kier alpha value is -1.73. The first-order chi connectivity index (χ1) is 12.7. The van der Waals surface area contributed by atoms with Crippen molar-refractivity contribution in [3.63, 3.8) is 0 Å². The molecule has 156 valence electrons. The van der Waals surface area contributed by atoms with Gasteiger partial charge in [-0.3, -0.25) is 14.4 Å². The van der Waals surface area contributed by atoms with Crippen molar-refractivity contribution >= 4 is 23.3 Å². The monoisotopic (exact) mass is 394 g/mol. The summed E-state index contributed by atoms with van der Waals surface area (Å²) in [5.41, 5.74) is 0. The molecule has 0 aliphatic heterocycles. The summed E-state index contributed by atoms with van der Waals surface area (Å²) < 4.78 is 39.5. The molecular formula is C19H29F3O5. The Kier molecular flexibility index (Phi) is 13.4. The van der Waals surface area contributed by atoms with Gasteiger partial charge in [0.25, 0.3) is 0 Å². The van der Waals surface area contributed by atoms with Gasteiger partial charge in [-0.25, -0.2) is 4.79 Å². The lowest BCUT2D eigenvalue weighted by Gasteiger charge is -2.06. The fraction of sp³-hybridized carbons (Fsp3) is 0.789. The van der Waals surface area contributed by atoms with Crippen molar-refractivity contribution in [2.45, 2.75) is 90.1 Å². The molecule has 0 aromatic carbocycles. The molecule has 0 saturated heterocycles. The van der Waals surface area contributed by atoms with Gasteiger partial charge < -0.3 is 4.74 Å². The van der Waals surface area contributed by atoms with Crippen molar-refractivity contribution in [2.24, 2.45) is 0 Å². The maximum absolute atomic E-state index is 11.9. The lowest BCUT2D eigenvalue weighted by Crippen LogP contribution is -2.27. The SMILES string of the molecule is CCCCCCC(=O)CCC(=O)CCCCCC(=O)COC(=O)C(F)(F)F. The number of Topliss-reactive ketones (excluding diaryl/α,β-unsaturated/α-hetero) is 3. The summed E-state index contributed by atoms with van der Waals surface area (Å²) in [5, 5.41) is 0. The molecule has 0 aliphatic rings. The summed E-state index contributed by atoms with van der Waals surface area (Å²) in [6.07, 6.45) is 1.89. The van der Waals surface area contributed by atoms with Crippen LogP contribution in [0.4, 0.5) is 13.2 Å². The highest BCUT2D eigenvalue weighted by molar-refractivity contribution is 5.86. The quantitative estimate of drug-likeness (QED) is 0.284. The Morgan fingerprint density at radius 1 is 0.667 bits per heavy atom. The van der Waals surface area contributed by atoms with Crippen LogP contribution in [0.25, 0.3) is 0 Å². The summed E-state index contributed by atoms with van der Waals surface area (Å²) in [5.74, 6) is -2.85. The fourth-order valence-corrected chi connectivity index (χ4v) is 2.40. The Morgan fingerprint density at radius 3 is 1.56 bits per heavy atom. The van der Waals surface area contributed by atoms with E-state index in [9.17, 15) is 32.3 Å². The van der Waals surface area contributed by atoms with Crippen molar-refractivity contribution in [1.29, 1.82) is 0 Å². The van der Waals surface area contributed by atoms with E-state index in [2.05, 4.69) is 11.7 Å². The van der Waals surface area contributed by atoms with E-state index in [-0.39, 0.29) is 30.8 Å². The van der Waals surface area contributed by atoms with E-state index in [4.69, 9.17) is 0 Å². The number of unbranched alkanes of at least 4 members (excludes halogenated alkanes) is 5. The zero-order chi connectivity index (χ0) is 20.7. The van der Waals surface area contributed by atoms with E-state index < -0.39 is 24.5 Å². The van der Waals surface area contributed by atoms with Crippen LogP contribution in [0.15, 0.2) is 0 Å². The molecule has 0 spiro atoms. The molecule has 27 heavy (non-hydrogen) atoms.